The maximum atomic E-state index is 12.9. The smallest absolute Gasteiger partial charge is 0.363 e. The second-order valence-electron chi connectivity index (χ2n) is 6.55. The van der Waals surface area contributed by atoms with E-state index in [2.05, 4.69) is 20.6 Å². The zero-order valence-corrected chi connectivity index (χ0v) is 17.6. The maximum absolute atomic E-state index is 12.9. The van der Waals surface area contributed by atoms with Crippen molar-refractivity contribution in [3.63, 3.8) is 0 Å². The number of hydrogen-bond acceptors (Lipinski definition) is 3. The van der Waals surface area contributed by atoms with Gasteiger partial charge in [0, 0.05) is 27.2 Å². The van der Waals surface area contributed by atoms with Crippen molar-refractivity contribution in [2.45, 2.75) is 44.4 Å². The van der Waals surface area contributed by atoms with Crippen molar-refractivity contribution >= 4 is 35.8 Å². The van der Waals surface area contributed by atoms with E-state index in [1.54, 1.807) is 7.05 Å². The molecule has 0 saturated heterocycles. The first-order valence-corrected chi connectivity index (χ1v) is 8.46. The monoisotopic (exact) mass is 485 g/mol. The van der Waals surface area contributed by atoms with Gasteiger partial charge in [0.05, 0.1) is 18.2 Å². The van der Waals surface area contributed by atoms with Gasteiger partial charge in [0.1, 0.15) is 5.82 Å². The average molecular weight is 485 g/mol. The van der Waals surface area contributed by atoms with Gasteiger partial charge in [0.25, 0.3) is 0 Å². The van der Waals surface area contributed by atoms with Crippen LogP contribution in [0.1, 0.15) is 31.4 Å². The van der Waals surface area contributed by atoms with Crippen LogP contribution in [0, 0.1) is 5.92 Å². The molecule has 148 valence electrons. The molecule has 0 amide bonds. The molecule has 5 nitrogen and oxygen atoms in total. The summed E-state index contributed by atoms with van der Waals surface area (Å²) < 4.78 is 38.8. The second kappa shape index (κ2) is 10.2. The third kappa shape index (κ3) is 6.81. The third-order valence-electron chi connectivity index (χ3n) is 4.39. The summed E-state index contributed by atoms with van der Waals surface area (Å²) in [6.45, 7) is 0.455. The number of guanidine groups is 1. The average Bonchev–Trinajstić information content (AvgIpc) is 2.58. The molecule has 2 atom stereocenters. The fourth-order valence-electron chi connectivity index (χ4n) is 2.99. The van der Waals surface area contributed by atoms with Crippen molar-refractivity contribution in [3.05, 3.63) is 23.9 Å². The zero-order valence-electron chi connectivity index (χ0n) is 15.3. The molecule has 2 N–H and O–H groups in total. The van der Waals surface area contributed by atoms with Crippen LogP contribution >= 0.6 is 24.0 Å². The minimum absolute atomic E-state index is 0. The molecule has 0 aliphatic heterocycles. The number of aliphatic imine (C=N–C) groups is 1. The quantitative estimate of drug-likeness (QED) is 0.389. The van der Waals surface area contributed by atoms with Crippen LogP contribution in [0.25, 0.3) is 0 Å². The van der Waals surface area contributed by atoms with E-state index < -0.39 is 12.1 Å². The van der Waals surface area contributed by atoms with Gasteiger partial charge < -0.3 is 15.5 Å². The first-order chi connectivity index (χ1) is 11.8. The van der Waals surface area contributed by atoms with Gasteiger partial charge in [-0.25, -0.2) is 4.98 Å². The molecule has 1 aromatic rings. The van der Waals surface area contributed by atoms with E-state index in [-0.39, 0.29) is 42.9 Å². The largest absolute Gasteiger partial charge is 0.391 e. The number of rotatable bonds is 4. The molecule has 2 unspecified atom stereocenters. The van der Waals surface area contributed by atoms with Crippen LogP contribution in [0.3, 0.4) is 0 Å². The number of alkyl halides is 3. The highest BCUT2D eigenvalue weighted by Gasteiger charge is 2.42. The van der Waals surface area contributed by atoms with Crippen LogP contribution in [0.15, 0.2) is 23.2 Å². The minimum atomic E-state index is -4.12. The van der Waals surface area contributed by atoms with Crippen molar-refractivity contribution < 1.29 is 13.2 Å². The van der Waals surface area contributed by atoms with E-state index in [0.717, 1.165) is 17.9 Å². The second-order valence-corrected chi connectivity index (χ2v) is 6.55. The first-order valence-electron chi connectivity index (χ1n) is 8.46. The minimum Gasteiger partial charge on any atom is -0.363 e. The van der Waals surface area contributed by atoms with Crippen LogP contribution in [0.4, 0.5) is 19.0 Å². The standard InChI is InChI=1S/C17H26F3N5.HI/c1-21-16(22-11-14-8-5-9-15(23-14)25(2)3)24-13-7-4-6-12(10-13)17(18,19)20;/h5,8-9,12-13H,4,6-7,10-11H2,1-3H3,(H2,21,22,24);1H. The summed E-state index contributed by atoms with van der Waals surface area (Å²) in [6.07, 6.45) is -2.51. The Morgan fingerprint density at radius 3 is 2.65 bits per heavy atom. The number of pyridine rings is 1. The summed E-state index contributed by atoms with van der Waals surface area (Å²) in [4.78, 5) is 10.5. The fourth-order valence-corrected chi connectivity index (χ4v) is 2.99. The Bertz CT molecular complexity index is 592. The normalized spacial score (nSPS) is 20.9. The van der Waals surface area contributed by atoms with E-state index in [1.807, 2.05) is 37.2 Å². The topological polar surface area (TPSA) is 52.6 Å². The number of anilines is 1. The van der Waals surface area contributed by atoms with E-state index >= 15 is 0 Å². The Kier molecular flexibility index (Phi) is 8.91. The Balaban J connectivity index is 0.00000338. The zero-order chi connectivity index (χ0) is 18.4. The summed E-state index contributed by atoms with van der Waals surface area (Å²) in [6, 6.07) is 5.52. The fraction of sp³-hybridized carbons (Fsp3) is 0.647. The van der Waals surface area contributed by atoms with Crippen molar-refractivity contribution in [1.82, 2.24) is 15.6 Å². The molecule has 1 saturated carbocycles. The van der Waals surface area contributed by atoms with E-state index in [0.29, 0.717) is 18.9 Å². The Hall–Kier alpha value is -1.26. The molecular formula is C17H27F3IN5. The summed E-state index contributed by atoms with van der Waals surface area (Å²) in [5, 5.41) is 6.25. The van der Waals surface area contributed by atoms with Gasteiger partial charge in [-0.15, -0.1) is 24.0 Å². The lowest BCUT2D eigenvalue weighted by atomic mass is 9.85. The number of aromatic nitrogens is 1. The molecule has 9 heteroatoms. The summed E-state index contributed by atoms with van der Waals surface area (Å²) in [5.74, 6) is 0.128. The SMILES string of the molecule is CN=C(NCc1cccc(N(C)C)n1)NC1CCCC(C(F)(F)F)C1.I. The summed E-state index contributed by atoms with van der Waals surface area (Å²) >= 11 is 0. The molecule has 2 rings (SSSR count). The van der Waals surface area contributed by atoms with E-state index in [9.17, 15) is 13.2 Å². The molecule has 1 fully saturated rings. The Morgan fingerprint density at radius 2 is 2.04 bits per heavy atom. The highest BCUT2D eigenvalue weighted by Crippen LogP contribution is 2.37. The van der Waals surface area contributed by atoms with Crippen LogP contribution in [0.5, 0.6) is 0 Å². The molecule has 1 aromatic heterocycles. The Labute approximate surface area is 169 Å². The Morgan fingerprint density at radius 1 is 1.31 bits per heavy atom. The van der Waals surface area contributed by atoms with Crippen molar-refractivity contribution in [2.24, 2.45) is 10.9 Å². The maximum Gasteiger partial charge on any atom is 0.391 e. The third-order valence-corrected chi connectivity index (χ3v) is 4.39. The highest BCUT2D eigenvalue weighted by molar-refractivity contribution is 14.0. The molecule has 0 radical (unpaired) electrons. The summed E-state index contributed by atoms with van der Waals surface area (Å²) in [5.41, 5.74) is 0.839. The van der Waals surface area contributed by atoms with Crippen LogP contribution in [-0.4, -0.2) is 44.3 Å². The molecular weight excluding hydrogens is 458 g/mol. The lowest BCUT2D eigenvalue weighted by Crippen LogP contribution is -2.46. The van der Waals surface area contributed by atoms with Gasteiger partial charge in [-0.05, 0) is 31.4 Å². The molecule has 1 heterocycles. The predicted octanol–water partition coefficient (Wildman–Crippen LogP) is 3.55. The first kappa shape index (κ1) is 22.8. The number of hydrogen-bond donors (Lipinski definition) is 2. The van der Waals surface area contributed by atoms with Gasteiger partial charge in [-0.1, -0.05) is 12.5 Å². The molecule has 0 spiro atoms. The van der Waals surface area contributed by atoms with Gasteiger partial charge in [-0.2, -0.15) is 13.2 Å². The highest BCUT2D eigenvalue weighted by atomic mass is 127. The summed E-state index contributed by atoms with van der Waals surface area (Å²) in [7, 11) is 5.45. The van der Waals surface area contributed by atoms with Gasteiger partial charge in [0.15, 0.2) is 5.96 Å². The van der Waals surface area contributed by atoms with Crippen LogP contribution < -0.4 is 15.5 Å². The molecule has 1 aliphatic rings. The molecule has 0 aromatic carbocycles. The van der Waals surface area contributed by atoms with Crippen molar-refractivity contribution in [2.75, 3.05) is 26.0 Å². The van der Waals surface area contributed by atoms with Crippen LogP contribution in [0.2, 0.25) is 0 Å². The van der Waals surface area contributed by atoms with E-state index in [1.165, 1.54) is 0 Å². The molecule has 1 aliphatic carbocycles. The predicted molar refractivity (Wildman–Crippen MR) is 109 cm³/mol. The lowest BCUT2D eigenvalue weighted by molar-refractivity contribution is -0.183. The van der Waals surface area contributed by atoms with Crippen molar-refractivity contribution in [1.29, 1.82) is 0 Å². The molecule has 0 bridgehead atoms. The van der Waals surface area contributed by atoms with Gasteiger partial charge in [0.2, 0.25) is 0 Å². The lowest BCUT2D eigenvalue weighted by Gasteiger charge is -2.31. The number of nitrogens with one attached hydrogen (secondary N) is 2. The number of halogens is 4. The van der Waals surface area contributed by atoms with Gasteiger partial charge >= 0.3 is 6.18 Å². The number of nitrogens with zero attached hydrogens (tertiary/aromatic N) is 3. The van der Waals surface area contributed by atoms with Gasteiger partial charge in [-0.3, -0.25) is 4.99 Å². The van der Waals surface area contributed by atoms with Crippen molar-refractivity contribution in [3.8, 4) is 0 Å². The molecule has 26 heavy (non-hydrogen) atoms. The van der Waals surface area contributed by atoms with Crippen LogP contribution in [-0.2, 0) is 6.54 Å². The van der Waals surface area contributed by atoms with E-state index in [4.69, 9.17) is 0 Å².